The Bertz CT molecular complexity index is 527. The van der Waals surface area contributed by atoms with Gasteiger partial charge in [-0.2, -0.15) is 5.26 Å². The maximum absolute atomic E-state index is 9.08. The van der Waals surface area contributed by atoms with Crippen LogP contribution >= 0.6 is 22.9 Å². The van der Waals surface area contributed by atoms with Crippen molar-refractivity contribution < 1.29 is 5.11 Å². The molecule has 0 unspecified atom stereocenters. The Morgan fingerprint density at radius 2 is 2.29 bits per heavy atom. The van der Waals surface area contributed by atoms with Gasteiger partial charge < -0.3 is 5.11 Å². The van der Waals surface area contributed by atoms with E-state index in [0.717, 1.165) is 15.6 Å². The van der Waals surface area contributed by atoms with Gasteiger partial charge in [0.1, 0.15) is 6.07 Å². The van der Waals surface area contributed by atoms with Gasteiger partial charge in [0.25, 0.3) is 0 Å². The standard InChI is InChI=1S/C10H6ClNOS/c11-10-6(3-12)1-2-8-9(10)7(4-13)5-14-8/h1-2,5,13H,4H2. The molecule has 1 aromatic carbocycles. The van der Waals surface area contributed by atoms with Crippen molar-refractivity contribution in [3.63, 3.8) is 0 Å². The Hall–Kier alpha value is -1.08. The molecule has 1 heterocycles. The van der Waals surface area contributed by atoms with E-state index in [9.17, 15) is 0 Å². The van der Waals surface area contributed by atoms with Gasteiger partial charge >= 0.3 is 0 Å². The fourth-order valence-corrected chi connectivity index (χ4v) is 2.70. The zero-order valence-corrected chi connectivity index (χ0v) is 8.69. The van der Waals surface area contributed by atoms with Crippen LogP contribution in [0.25, 0.3) is 10.1 Å². The third-order valence-corrected chi connectivity index (χ3v) is 3.43. The smallest absolute Gasteiger partial charge is 0.101 e. The first-order chi connectivity index (χ1) is 6.77. The first-order valence-corrected chi connectivity index (χ1v) is 5.23. The summed E-state index contributed by atoms with van der Waals surface area (Å²) in [6.45, 7) is -0.0470. The fourth-order valence-electron chi connectivity index (χ4n) is 1.35. The number of thiophene rings is 1. The molecule has 0 bridgehead atoms. The Morgan fingerprint density at radius 3 is 2.93 bits per heavy atom. The van der Waals surface area contributed by atoms with Gasteiger partial charge in [-0.1, -0.05) is 11.6 Å². The lowest BCUT2D eigenvalue weighted by Gasteiger charge is -1.99. The minimum atomic E-state index is -0.0470. The van der Waals surface area contributed by atoms with Gasteiger partial charge in [-0.3, -0.25) is 0 Å². The second-order valence-corrected chi connectivity index (χ2v) is 4.12. The number of rotatable bonds is 1. The summed E-state index contributed by atoms with van der Waals surface area (Å²) in [6.07, 6.45) is 0. The molecule has 0 aliphatic rings. The molecular weight excluding hydrogens is 218 g/mol. The van der Waals surface area contributed by atoms with Gasteiger partial charge in [-0.25, -0.2) is 0 Å². The number of nitriles is 1. The number of nitrogens with zero attached hydrogens (tertiary/aromatic N) is 1. The predicted octanol–water partition coefficient (Wildman–Crippen LogP) is 2.92. The molecule has 70 valence electrons. The lowest BCUT2D eigenvalue weighted by Crippen LogP contribution is -1.82. The molecule has 2 aromatic rings. The average molecular weight is 224 g/mol. The summed E-state index contributed by atoms with van der Waals surface area (Å²) in [4.78, 5) is 0. The van der Waals surface area contributed by atoms with Crippen LogP contribution in [0.3, 0.4) is 0 Å². The number of aliphatic hydroxyl groups excluding tert-OH is 1. The quantitative estimate of drug-likeness (QED) is 0.808. The number of halogens is 1. The van der Waals surface area contributed by atoms with Crippen molar-refractivity contribution in [2.24, 2.45) is 0 Å². The molecule has 0 aliphatic heterocycles. The molecule has 14 heavy (non-hydrogen) atoms. The molecule has 4 heteroatoms. The second kappa shape index (κ2) is 3.58. The van der Waals surface area contributed by atoms with Crippen LogP contribution in [0.1, 0.15) is 11.1 Å². The van der Waals surface area contributed by atoms with Gasteiger partial charge in [0.05, 0.1) is 17.2 Å². The number of benzene rings is 1. The molecule has 0 amide bonds. The van der Waals surface area contributed by atoms with Gasteiger partial charge in [-0.15, -0.1) is 11.3 Å². The zero-order chi connectivity index (χ0) is 10.1. The molecule has 2 nitrogen and oxygen atoms in total. The molecule has 0 saturated heterocycles. The monoisotopic (exact) mass is 223 g/mol. The summed E-state index contributed by atoms with van der Waals surface area (Å²) >= 11 is 7.56. The highest BCUT2D eigenvalue weighted by Crippen LogP contribution is 2.34. The molecule has 0 saturated carbocycles. The Labute approximate surface area is 90.0 Å². The largest absolute Gasteiger partial charge is 0.392 e. The van der Waals surface area contributed by atoms with Gasteiger partial charge in [0, 0.05) is 10.1 Å². The lowest BCUT2D eigenvalue weighted by atomic mass is 10.1. The van der Waals surface area contributed by atoms with Crippen molar-refractivity contribution >= 4 is 33.0 Å². The van der Waals surface area contributed by atoms with E-state index < -0.39 is 0 Å². The summed E-state index contributed by atoms with van der Waals surface area (Å²) in [6, 6.07) is 5.57. The summed E-state index contributed by atoms with van der Waals surface area (Å²) in [5.41, 5.74) is 1.24. The van der Waals surface area contributed by atoms with Crippen LogP contribution in [0.15, 0.2) is 17.5 Å². The van der Waals surface area contributed by atoms with Crippen molar-refractivity contribution in [1.82, 2.24) is 0 Å². The fraction of sp³-hybridized carbons (Fsp3) is 0.100. The van der Waals surface area contributed by atoms with Crippen LogP contribution in [0, 0.1) is 11.3 Å². The van der Waals surface area contributed by atoms with Crippen LogP contribution in [0.5, 0.6) is 0 Å². The van der Waals surface area contributed by atoms with Crippen molar-refractivity contribution in [2.75, 3.05) is 0 Å². The molecule has 0 aliphatic carbocycles. The number of fused-ring (bicyclic) bond motifs is 1. The van der Waals surface area contributed by atoms with Crippen molar-refractivity contribution in [1.29, 1.82) is 5.26 Å². The van der Waals surface area contributed by atoms with E-state index in [1.807, 2.05) is 17.5 Å². The SMILES string of the molecule is N#Cc1ccc2scc(CO)c2c1Cl. The first kappa shape index (κ1) is 9.47. The highest BCUT2D eigenvalue weighted by atomic mass is 35.5. The Morgan fingerprint density at radius 1 is 1.50 bits per heavy atom. The van der Waals surface area contributed by atoms with Crippen molar-refractivity contribution in [3.05, 3.63) is 33.7 Å². The van der Waals surface area contributed by atoms with E-state index >= 15 is 0 Å². The predicted molar refractivity (Wildman–Crippen MR) is 57.5 cm³/mol. The normalized spacial score (nSPS) is 10.4. The van der Waals surface area contributed by atoms with E-state index in [1.165, 1.54) is 11.3 Å². The second-order valence-electron chi connectivity index (χ2n) is 2.83. The van der Waals surface area contributed by atoms with Crippen LogP contribution in [0.4, 0.5) is 0 Å². The Kier molecular flexibility index (Phi) is 2.42. The van der Waals surface area contributed by atoms with Gasteiger partial charge in [-0.05, 0) is 23.1 Å². The molecular formula is C10H6ClNOS. The minimum Gasteiger partial charge on any atom is -0.392 e. The average Bonchev–Trinajstić information content (AvgIpc) is 2.62. The van der Waals surface area contributed by atoms with E-state index in [2.05, 4.69) is 0 Å². The van der Waals surface area contributed by atoms with Crippen LogP contribution in [0.2, 0.25) is 5.02 Å². The summed E-state index contributed by atoms with van der Waals surface area (Å²) < 4.78 is 0.998. The lowest BCUT2D eigenvalue weighted by molar-refractivity contribution is 0.284. The maximum Gasteiger partial charge on any atom is 0.101 e. The molecule has 1 aromatic heterocycles. The van der Waals surface area contributed by atoms with E-state index in [-0.39, 0.29) is 6.61 Å². The minimum absolute atomic E-state index is 0.0470. The summed E-state index contributed by atoms with van der Waals surface area (Å²) in [5.74, 6) is 0. The summed E-state index contributed by atoms with van der Waals surface area (Å²) in [5, 5.41) is 21.0. The molecule has 1 N–H and O–H groups in total. The summed E-state index contributed by atoms with van der Waals surface area (Å²) in [7, 11) is 0. The van der Waals surface area contributed by atoms with Crippen molar-refractivity contribution in [2.45, 2.75) is 6.61 Å². The molecule has 0 atom stereocenters. The van der Waals surface area contributed by atoms with Crippen LogP contribution in [-0.4, -0.2) is 5.11 Å². The van der Waals surface area contributed by atoms with E-state index in [1.54, 1.807) is 6.07 Å². The maximum atomic E-state index is 9.08. The third-order valence-electron chi connectivity index (χ3n) is 2.04. The molecule has 0 fully saturated rings. The molecule has 0 spiro atoms. The van der Waals surface area contributed by atoms with Crippen molar-refractivity contribution in [3.8, 4) is 6.07 Å². The van der Waals surface area contributed by atoms with Gasteiger partial charge in [0.15, 0.2) is 0 Å². The number of aliphatic hydroxyl groups is 1. The van der Waals surface area contributed by atoms with Crippen LogP contribution < -0.4 is 0 Å². The van der Waals surface area contributed by atoms with E-state index in [4.69, 9.17) is 22.0 Å². The Balaban J connectivity index is 2.85. The van der Waals surface area contributed by atoms with E-state index in [0.29, 0.717) is 10.6 Å². The number of hydrogen-bond acceptors (Lipinski definition) is 3. The molecule has 0 radical (unpaired) electrons. The zero-order valence-electron chi connectivity index (χ0n) is 7.12. The highest BCUT2D eigenvalue weighted by Gasteiger charge is 2.10. The first-order valence-electron chi connectivity index (χ1n) is 3.97. The highest BCUT2D eigenvalue weighted by molar-refractivity contribution is 7.17. The third kappa shape index (κ3) is 1.28. The van der Waals surface area contributed by atoms with Gasteiger partial charge in [0.2, 0.25) is 0 Å². The molecule has 2 rings (SSSR count). The topological polar surface area (TPSA) is 44.0 Å². The number of hydrogen-bond donors (Lipinski definition) is 1. The van der Waals surface area contributed by atoms with Crippen LogP contribution in [-0.2, 0) is 6.61 Å².